The van der Waals surface area contributed by atoms with E-state index >= 15 is 4.79 Å². The summed E-state index contributed by atoms with van der Waals surface area (Å²) in [4.78, 5) is 74.0. The molecule has 4 aliphatic carbocycles. The van der Waals surface area contributed by atoms with Crippen molar-refractivity contribution in [1.82, 2.24) is 0 Å². The molecule has 2 aromatic carbocycles. The summed E-state index contributed by atoms with van der Waals surface area (Å²) in [5.74, 6) is -2.28. The molecular weight excluding hydrogens is 708 g/mol. The number of nitro benzene ring substituents is 2. The van der Waals surface area contributed by atoms with Gasteiger partial charge in [0.1, 0.15) is 17.6 Å². The molecule has 1 aromatic heterocycles. The molecule has 54 heavy (non-hydrogen) atoms. The zero-order valence-corrected chi connectivity index (χ0v) is 29.4. The highest BCUT2D eigenvalue weighted by Crippen LogP contribution is 2.70. The molecule has 4 fully saturated rings. The fourth-order valence-electron chi connectivity index (χ4n) is 10.1. The van der Waals surface area contributed by atoms with Gasteiger partial charge in [-0.15, -0.1) is 0 Å². The lowest BCUT2D eigenvalue weighted by molar-refractivity contribution is -0.385. The van der Waals surface area contributed by atoms with Gasteiger partial charge >= 0.3 is 17.9 Å². The lowest BCUT2D eigenvalue weighted by Gasteiger charge is -2.64. The summed E-state index contributed by atoms with van der Waals surface area (Å²) in [5.41, 5.74) is -4.00. The first-order valence-corrected chi connectivity index (χ1v) is 17.8. The third-order valence-corrected chi connectivity index (χ3v) is 12.7. The summed E-state index contributed by atoms with van der Waals surface area (Å²) in [6, 6.07) is 12.7. The summed E-state index contributed by atoms with van der Waals surface area (Å²) >= 11 is 0. The van der Waals surface area contributed by atoms with Crippen LogP contribution in [0, 0.1) is 48.8 Å². The van der Waals surface area contributed by atoms with Crippen molar-refractivity contribution < 1.29 is 52.7 Å². The van der Waals surface area contributed by atoms with Crippen molar-refractivity contribution in [3.8, 4) is 11.5 Å². The number of hydrogen-bond donors (Lipinski definition) is 1. The minimum atomic E-state index is -1.51. The van der Waals surface area contributed by atoms with Crippen LogP contribution in [0.4, 0.5) is 21.0 Å². The number of Topliss-reactive ketones (excluding diaryl/α,β-unsaturated/α-hetero) is 1. The molecule has 4 aliphatic rings. The third-order valence-electron chi connectivity index (χ3n) is 12.7. The van der Waals surface area contributed by atoms with Crippen LogP contribution >= 0.6 is 0 Å². The first-order chi connectivity index (χ1) is 25.6. The molecule has 284 valence electrons. The lowest BCUT2D eigenvalue weighted by atomic mass is 9.42. The van der Waals surface area contributed by atoms with E-state index in [1.54, 1.807) is 13.0 Å². The molecule has 1 N–H and O–H groups in total. The second-order valence-electron chi connectivity index (χ2n) is 15.1. The lowest BCUT2D eigenvalue weighted by Crippen LogP contribution is -2.71. The summed E-state index contributed by atoms with van der Waals surface area (Å²) < 4.78 is 27.5. The molecule has 0 saturated heterocycles. The van der Waals surface area contributed by atoms with E-state index in [9.17, 15) is 39.7 Å². The second kappa shape index (κ2) is 13.6. The molecule has 1 heterocycles. The Labute approximate surface area is 307 Å². The molecule has 16 heteroatoms. The molecule has 9 atom stereocenters. The van der Waals surface area contributed by atoms with Gasteiger partial charge in [-0.25, -0.2) is 14.4 Å². The van der Waals surface area contributed by atoms with Crippen molar-refractivity contribution >= 4 is 29.5 Å². The summed E-state index contributed by atoms with van der Waals surface area (Å²) in [6.07, 6.45) is 0.236. The molecule has 4 saturated carbocycles. The molecule has 0 amide bonds. The number of rotatable bonds is 7. The van der Waals surface area contributed by atoms with E-state index in [2.05, 4.69) is 0 Å². The summed E-state index contributed by atoms with van der Waals surface area (Å²) in [5, 5.41) is 34.9. The first kappa shape index (κ1) is 36.7. The van der Waals surface area contributed by atoms with E-state index in [0.717, 1.165) is 0 Å². The summed E-state index contributed by atoms with van der Waals surface area (Å²) in [6.45, 7) is 3.69. The highest BCUT2D eigenvalue weighted by Gasteiger charge is 2.74. The normalized spacial score (nSPS) is 32.6. The van der Waals surface area contributed by atoms with Crippen molar-refractivity contribution in [1.29, 1.82) is 0 Å². The molecular formula is C38H38N2O14. The number of nitrogens with zero attached hydrogens (tertiary/aromatic N) is 2. The van der Waals surface area contributed by atoms with Gasteiger partial charge in [0.2, 0.25) is 0 Å². The van der Waals surface area contributed by atoms with Gasteiger partial charge in [-0.3, -0.25) is 25.0 Å². The maximum Gasteiger partial charge on any atom is 0.514 e. The summed E-state index contributed by atoms with van der Waals surface area (Å²) in [7, 11) is 0. The number of nitro groups is 2. The monoisotopic (exact) mass is 746 g/mol. The predicted octanol–water partition coefficient (Wildman–Crippen LogP) is 6.65. The van der Waals surface area contributed by atoms with Crippen molar-refractivity contribution in [3.63, 3.8) is 0 Å². The van der Waals surface area contributed by atoms with E-state index in [-0.39, 0.29) is 35.2 Å². The Morgan fingerprint density at radius 2 is 1.39 bits per heavy atom. The Morgan fingerprint density at radius 1 is 0.796 bits per heavy atom. The molecule has 16 nitrogen and oxygen atoms in total. The number of non-ortho nitro benzene ring substituents is 2. The molecule has 0 bridgehead atoms. The SMILES string of the molecule is C[C@]12CC[C@H](OC(=O)Oc3ccc([N+](=O)[O-])cc3)C[C@H]1CC[C@@H]1[C@@H]2[C@H](OC(=O)Oc2ccc([N+](=O)[O-])cc2)C(=O)[C@]2(C)[C@@H](c3ccc(=O)oc3)CC[C@]12O. The number of ketones is 1. The van der Waals surface area contributed by atoms with Crippen LogP contribution in [0.5, 0.6) is 11.5 Å². The number of hydrogen-bond acceptors (Lipinski definition) is 14. The average Bonchev–Trinajstić information content (AvgIpc) is 3.42. The standard InChI is InChI=1S/C38H38N2O14/c1-36-17-15-27(53-34(43)51-25-9-5-23(6-10-25)39(46)47)19-22(36)4-13-29-31(36)32(54-35(44)52-26-11-7-24(8-12-26)40(48)49)33(42)37(2)28(16-18-38(29,37)45)21-3-14-30(41)50-20-21/h3,5-12,14,20,22,27-29,31-32,45H,4,13,15-19H2,1-2H3/t22-,27+,28-,29-,31-,32+,36+,37+,38+/m1/s1. The maximum absolute atomic E-state index is 15.0. The number of carbonyl (C=O) groups excluding carboxylic acids is 3. The topological polar surface area (TPSA) is 225 Å². The molecule has 7 rings (SSSR count). The van der Waals surface area contributed by atoms with Gasteiger partial charge < -0.3 is 28.5 Å². The second-order valence-corrected chi connectivity index (χ2v) is 15.1. The van der Waals surface area contributed by atoms with Gasteiger partial charge in [0.15, 0.2) is 11.9 Å². The fraction of sp³-hybridized carbons (Fsp3) is 0.474. The first-order valence-electron chi connectivity index (χ1n) is 17.8. The Kier molecular flexibility index (Phi) is 9.28. The highest BCUT2D eigenvalue weighted by molar-refractivity contribution is 5.94. The van der Waals surface area contributed by atoms with Crippen LogP contribution in [0.2, 0.25) is 0 Å². The van der Waals surface area contributed by atoms with Crippen LogP contribution in [0.15, 0.2) is 76.1 Å². The smallest absolute Gasteiger partial charge is 0.431 e. The Bertz CT molecular complexity index is 2030. The highest BCUT2D eigenvalue weighted by atomic mass is 16.7. The number of ether oxygens (including phenoxy) is 4. The van der Waals surface area contributed by atoms with Crippen molar-refractivity contribution in [2.75, 3.05) is 0 Å². The number of aliphatic hydroxyl groups is 1. The van der Waals surface area contributed by atoms with E-state index in [4.69, 9.17) is 23.4 Å². The average molecular weight is 747 g/mol. The van der Waals surface area contributed by atoms with Gasteiger partial charge in [0, 0.05) is 42.2 Å². The van der Waals surface area contributed by atoms with Crippen LogP contribution in [0.25, 0.3) is 0 Å². The van der Waals surface area contributed by atoms with Crippen LogP contribution in [0.3, 0.4) is 0 Å². The predicted molar refractivity (Wildman–Crippen MR) is 185 cm³/mol. The van der Waals surface area contributed by atoms with Gasteiger partial charge in [-0.2, -0.15) is 0 Å². The number of carbonyl (C=O) groups is 3. The molecule has 0 radical (unpaired) electrons. The van der Waals surface area contributed by atoms with Crippen molar-refractivity contribution in [2.45, 2.75) is 82.5 Å². The van der Waals surface area contributed by atoms with E-state index in [1.165, 1.54) is 60.9 Å². The Balaban J connectivity index is 1.16. The van der Waals surface area contributed by atoms with Crippen molar-refractivity contribution in [2.24, 2.45) is 28.6 Å². The van der Waals surface area contributed by atoms with Gasteiger partial charge in [0.25, 0.3) is 11.4 Å². The Morgan fingerprint density at radius 3 is 1.94 bits per heavy atom. The van der Waals surface area contributed by atoms with Crippen LogP contribution in [-0.2, 0) is 14.3 Å². The zero-order chi connectivity index (χ0) is 38.6. The van der Waals surface area contributed by atoms with Crippen LogP contribution in [-0.4, -0.2) is 50.9 Å². The van der Waals surface area contributed by atoms with Gasteiger partial charge in [-0.1, -0.05) is 6.92 Å². The maximum atomic E-state index is 15.0. The quantitative estimate of drug-likeness (QED) is 0.116. The number of fused-ring (bicyclic) bond motifs is 5. The van der Waals surface area contributed by atoms with Crippen LogP contribution in [0.1, 0.15) is 70.3 Å². The molecule has 0 unspecified atom stereocenters. The van der Waals surface area contributed by atoms with Crippen LogP contribution < -0.4 is 15.1 Å². The number of benzene rings is 2. The largest absolute Gasteiger partial charge is 0.514 e. The molecule has 0 spiro atoms. The zero-order valence-electron chi connectivity index (χ0n) is 29.4. The minimum absolute atomic E-state index is 0.0304. The fourth-order valence-corrected chi connectivity index (χ4v) is 10.1. The van der Waals surface area contributed by atoms with Crippen molar-refractivity contribution in [3.05, 3.63) is 103 Å². The van der Waals surface area contributed by atoms with E-state index in [0.29, 0.717) is 44.1 Å². The molecule has 3 aromatic rings. The van der Waals surface area contributed by atoms with E-state index in [1.807, 2.05) is 6.92 Å². The van der Waals surface area contributed by atoms with Gasteiger partial charge in [0.05, 0.1) is 27.1 Å². The molecule has 0 aliphatic heterocycles. The van der Waals surface area contributed by atoms with Gasteiger partial charge in [-0.05, 0) is 105 Å². The third kappa shape index (κ3) is 6.17. The Hall–Kier alpha value is -5.64. The van der Waals surface area contributed by atoms with E-state index < -0.39 is 80.0 Å². The minimum Gasteiger partial charge on any atom is -0.431 e.